The van der Waals surface area contributed by atoms with E-state index in [1.807, 2.05) is 0 Å². The predicted molar refractivity (Wildman–Crippen MR) is 122 cm³/mol. The monoisotopic (exact) mass is 478 g/mol. The van der Waals surface area contributed by atoms with Crippen molar-refractivity contribution in [2.24, 2.45) is 0 Å². The third-order valence-electron chi connectivity index (χ3n) is 3.87. The number of thiocarbonyl (C=S) groups is 1. The smallest absolute Gasteiger partial charge is 0.339 e. The number of amides is 2. The minimum Gasteiger partial charge on any atom is -0.490 e. The standard InChI is InChI=1S/C20H18N2O6S3/c1-3-27-17-10-13(11-18-19(24)22-20(29)30-18)4-9-16(17)28-31(25,26)15-7-5-14(6-8-15)21-12(2)23/h4-11H,3H2,1-2H3,(H,21,23)(H,22,24,29)/b18-11-. The lowest BCUT2D eigenvalue weighted by Gasteiger charge is -2.13. The Morgan fingerprint density at radius 1 is 1.19 bits per heavy atom. The van der Waals surface area contributed by atoms with Crippen LogP contribution >= 0.6 is 24.0 Å². The first-order valence-electron chi connectivity index (χ1n) is 9.02. The molecular formula is C20H18N2O6S3. The Kier molecular flexibility index (Phi) is 6.98. The second kappa shape index (κ2) is 9.50. The maximum atomic E-state index is 12.7. The molecule has 1 saturated heterocycles. The third kappa shape index (κ3) is 5.84. The van der Waals surface area contributed by atoms with Crippen LogP contribution < -0.4 is 19.6 Å². The highest BCUT2D eigenvalue weighted by molar-refractivity contribution is 8.26. The summed E-state index contributed by atoms with van der Waals surface area (Å²) >= 11 is 6.11. The Morgan fingerprint density at radius 2 is 1.90 bits per heavy atom. The molecule has 11 heteroatoms. The second-order valence-electron chi connectivity index (χ2n) is 6.23. The lowest BCUT2D eigenvalue weighted by Crippen LogP contribution is -2.17. The Hall–Kier alpha value is -2.89. The molecule has 2 amide bonds. The van der Waals surface area contributed by atoms with Crippen LogP contribution in [0.15, 0.2) is 52.3 Å². The Labute approximate surface area is 189 Å². The van der Waals surface area contributed by atoms with Crippen molar-refractivity contribution in [1.29, 1.82) is 0 Å². The molecule has 1 heterocycles. The van der Waals surface area contributed by atoms with Crippen LogP contribution in [0.5, 0.6) is 11.5 Å². The van der Waals surface area contributed by atoms with Crippen molar-refractivity contribution < 1.29 is 26.9 Å². The highest BCUT2D eigenvalue weighted by atomic mass is 32.2. The van der Waals surface area contributed by atoms with Crippen LogP contribution in [0.1, 0.15) is 19.4 Å². The first-order chi connectivity index (χ1) is 14.7. The first kappa shape index (κ1) is 22.8. The summed E-state index contributed by atoms with van der Waals surface area (Å²) in [5.74, 6) is -0.340. The number of benzene rings is 2. The molecule has 2 aromatic carbocycles. The van der Waals surface area contributed by atoms with Gasteiger partial charge in [-0.3, -0.25) is 9.59 Å². The van der Waals surface area contributed by atoms with Gasteiger partial charge >= 0.3 is 10.1 Å². The number of hydrogen-bond acceptors (Lipinski definition) is 8. The van der Waals surface area contributed by atoms with Gasteiger partial charge in [0.25, 0.3) is 5.91 Å². The summed E-state index contributed by atoms with van der Waals surface area (Å²) < 4.78 is 36.6. The largest absolute Gasteiger partial charge is 0.490 e. The Morgan fingerprint density at radius 3 is 2.48 bits per heavy atom. The summed E-state index contributed by atoms with van der Waals surface area (Å²) in [5.41, 5.74) is 1.09. The molecule has 2 N–H and O–H groups in total. The van der Waals surface area contributed by atoms with Crippen molar-refractivity contribution in [2.75, 3.05) is 11.9 Å². The summed E-state index contributed by atoms with van der Waals surface area (Å²) in [4.78, 5) is 23.3. The number of carbonyl (C=O) groups excluding carboxylic acids is 2. The predicted octanol–water partition coefficient (Wildman–Crippen LogP) is 3.30. The molecule has 0 aromatic heterocycles. The van der Waals surface area contributed by atoms with E-state index in [-0.39, 0.29) is 34.8 Å². The lowest BCUT2D eigenvalue weighted by molar-refractivity contribution is -0.115. The second-order valence-corrected chi connectivity index (χ2v) is 9.50. The Balaban J connectivity index is 1.86. The van der Waals surface area contributed by atoms with Crippen LogP contribution in [0.4, 0.5) is 5.69 Å². The average molecular weight is 479 g/mol. The van der Waals surface area contributed by atoms with Crippen LogP contribution in [-0.4, -0.2) is 31.2 Å². The van der Waals surface area contributed by atoms with E-state index in [1.54, 1.807) is 25.1 Å². The topological polar surface area (TPSA) is 111 Å². The molecule has 0 spiro atoms. The van der Waals surface area contributed by atoms with Gasteiger partial charge in [-0.25, -0.2) is 0 Å². The SMILES string of the molecule is CCOc1cc(/C=C2\SC(=S)NC2=O)ccc1OS(=O)(=O)c1ccc(NC(C)=O)cc1. The van der Waals surface area contributed by atoms with Crippen molar-refractivity contribution in [2.45, 2.75) is 18.7 Å². The average Bonchev–Trinajstić information content (AvgIpc) is 3.00. The molecule has 1 fully saturated rings. The molecule has 162 valence electrons. The fourth-order valence-corrected chi connectivity index (χ4v) is 4.58. The van der Waals surface area contributed by atoms with Gasteiger partial charge in [-0.1, -0.05) is 30.0 Å². The van der Waals surface area contributed by atoms with E-state index in [0.717, 1.165) is 11.8 Å². The zero-order chi connectivity index (χ0) is 22.6. The molecule has 31 heavy (non-hydrogen) atoms. The number of nitrogens with one attached hydrogen (secondary N) is 2. The van der Waals surface area contributed by atoms with Crippen LogP contribution in [0, 0.1) is 0 Å². The van der Waals surface area contributed by atoms with Gasteiger partial charge in [0.1, 0.15) is 9.22 Å². The van der Waals surface area contributed by atoms with E-state index in [1.165, 1.54) is 37.3 Å². The Bertz CT molecular complexity index is 1170. The van der Waals surface area contributed by atoms with Crippen LogP contribution in [0.2, 0.25) is 0 Å². The zero-order valence-corrected chi connectivity index (χ0v) is 18.9. The number of hydrogen-bond donors (Lipinski definition) is 2. The summed E-state index contributed by atoms with van der Waals surface area (Å²) in [6.45, 7) is 3.39. The van der Waals surface area contributed by atoms with Gasteiger partial charge in [-0.05, 0) is 55.0 Å². The summed E-state index contributed by atoms with van der Waals surface area (Å²) in [6.07, 6.45) is 1.63. The molecule has 0 radical (unpaired) electrons. The minimum atomic E-state index is -4.14. The normalized spacial score (nSPS) is 15.0. The highest BCUT2D eigenvalue weighted by Gasteiger charge is 2.23. The van der Waals surface area contributed by atoms with Gasteiger partial charge in [-0.15, -0.1) is 0 Å². The fourth-order valence-electron chi connectivity index (χ4n) is 2.60. The summed E-state index contributed by atoms with van der Waals surface area (Å²) in [5, 5.41) is 5.09. The van der Waals surface area contributed by atoms with E-state index in [0.29, 0.717) is 20.5 Å². The molecule has 0 atom stereocenters. The van der Waals surface area contributed by atoms with E-state index in [2.05, 4.69) is 10.6 Å². The van der Waals surface area contributed by atoms with Gasteiger partial charge < -0.3 is 19.6 Å². The zero-order valence-electron chi connectivity index (χ0n) is 16.5. The molecule has 0 bridgehead atoms. The van der Waals surface area contributed by atoms with E-state index in [9.17, 15) is 18.0 Å². The van der Waals surface area contributed by atoms with Gasteiger partial charge in [0.05, 0.1) is 11.5 Å². The van der Waals surface area contributed by atoms with Gasteiger partial charge in [0, 0.05) is 12.6 Å². The minimum absolute atomic E-state index is 0.00832. The van der Waals surface area contributed by atoms with Crippen molar-refractivity contribution in [3.05, 3.63) is 52.9 Å². The molecule has 1 aliphatic heterocycles. The molecule has 2 aromatic rings. The van der Waals surface area contributed by atoms with Crippen LogP contribution in [0.25, 0.3) is 6.08 Å². The molecule has 3 rings (SSSR count). The third-order valence-corrected chi connectivity index (χ3v) is 6.28. The maximum Gasteiger partial charge on any atom is 0.339 e. The van der Waals surface area contributed by atoms with Gasteiger partial charge in [0.2, 0.25) is 5.91 Å². The molecular weight excluding hydrogens is 460 g/mol. The lowest BCUT2D eigenvalue weighted by atomic mass is 10.2. The van der Waals surface area contributed by atoms with Gasteiger partial charge in [-0.2, -0.15) is 8.42 Å². The van der Waals surface area contributed by atoms with Crippen molar-refractivity contribution in [1.82, 2.24) is 5.32 Å². The van der Waals surface area contributed by atoms with E-state index in [4.69, 9.17) is 21.1 Å². The molecule has 8 nitrogen and oxygen atoms in total. The van der Waals surface area contributed by atoms with Crippen LogP contribution in [-0.2, 0) is 19.7 Å². The maximum absolute atomic E-state index is 12.7. The number of carbonyl (C=O) groups is 2. The highest BCUT2D eigenvalue weighted by Crippen LogP contribution is 2.33. The summed E-state index contributed by atoms with van der Waals surface area (Å²) in [6, 6.07) is 10.2. The number of ether oxygens (including phenoxy) is 1. The molecule has 0 unspecified atom stereocenters. The van der Waals surface area contributed by atoms with Gasteiger partial charge in [0.15, 0.2) is 11.5 Å². The van der Waals surface area contributed by atoms with E-state index >= 15 is 0 Å². The van der Waals surface area contributed by atoms with Crippen LogP contribution in [0.3, 0.4) is 0 Å². The number of rotatable bonds is 7. The molecule has 0 aliphatic carbocycles. The van der Waals surface area contributed by atoms with Crippen molar-refractivity contribution >= 4 is 62.0 Å². The van der Waals surface area contributed by atoms with Crippen molar-refractivity contribution in [3.8, 4) is 11.5 Å². The summed E-state index contributed by atoms with van der Waals surface area (Å²) in [7, 11) is -4.14. The first-order valence-corrected chi connectivity index (χ1v) is 11.6. The molecule has 1 aliphatic rings. The van der Waals surface area contributed by atoms with E-state index < -0.39 is 10.1 Å². The fraction of sp³-hybridized carbons (Fsp3) is 0.150. The number of thioether (sulfide) groups is 1. The quantitative estimate of drug-likeness (QED) is 0.354. The molecule has 0 saturated carbocycles. The number of anilines is 1. The van der Waals surface area contributed by atoms with Crippen molar-refractivity contribution in [3.63, 3.8) is 0 Å².